The predicted molar refractivity (Wildman–Crippen MR) is 69.1 cm³/mol. The minimum atomic E-state index is 0.264. The zero-order chi connectivity index (χ0) is 13.1. The normalized spacial score (nSPS) is 18.7. The number of benzene rings is 1. The van der Waals surface area contributed by atoms with E-state index in [4.69, 9.17) is 14.0 Å². The molecule has 0 unspecified atom stereocenters. The second-order valence-corrected chi connectivity index (χ2v) is 4.48. The van der Waals surface area contributed by atoms with Crippen LogP contribution >= 0.6 is 0 Å². The summed E-state index contributed by atoms with van der Waals surface area (Å²) in [7, 11) is 0. The maximum absolute atomic E-state index is 5.40. The molecule has 1 aromatic carbocycles. The quantitative estimate of drug-likeness (QED) is 0.845. The molecule has 3 rings (SSSR count). The van der Waals surface area contributed by atoms with Crippen molar-refractivity contribution in [2.45, 2.75) is 19.3 Å². The molecule has 2 aromatic rings. The lowest BCUT2D eigenvalue weighted by Crippen LogP contribution is -1.99. The van der Waals surface area contributed by atoms with Crippen LogP contribution in [0.15, 0.2) is 28.8 Å². The van der Waals surface area contributed by atoms with Gasteiger partial charge in [-0.1, -0.05) is 5.16 Å². The summed E-state index contributed by atoms with van der Waals surface area (Å²) in [6.07, 6.45) is 0.961. The molecule has 0 spiro atoms. The third-order valence-corrected chi connectivity index (χ3v) is 3.15. The Balaban J connectivity index is 1.77. The summed E-state index contributed by atoms with van der Waals surface area (Å²) in [5, 5.41) is 4.04. The fraction of sp³-hybridized carbons (Fsp3) is 0.429. The Hall–Kier alpha value is -1.88. The van der Waals surface area contributed by atoms with Crippen molar-refractivity contribution in [3.8, 4) is 17.2 Å². The molecule has 1 atom stereocenters. The second kappa shape index (κ2) is 5.40. The molecule has 0 N–H and O–H groups in total. The van der Waals surface area contributed by atoms with E-state index in [2.05, 4.69) is 10.1 Å². The van der Waals surface area contributed by atoms with Gasteiger partial charge in [0.15, 0.2) is 5.82 Å². The molecule has 100 valence electrons. The molecule has 0 radical (unpaired) electrons. The van der Waals surface area contributed by atoms with E-state index in [1.165, 1.54) is 0 Å². The van der Waals surface area contributed by atoms with Gasteiger partial charge in [0.1, 0.15) is 5.75 Å². The van der Waals surface area contributed by atoms with Crippen molar-refractivity contribution in [2.24, 2.45) is 0 Å². The summed E-state index contributed by atoms with van der Waals surface area (Å²) in [6, 6.07) is 7.66. The van der Waals surface area contributed by atoms with Crippen LogP contribution in [0, 0.1) is 0 Å². The third kappa shape index (κ3) is 2.61. The van der Waals surface area contributed by atoms with Gasteiger partial charge in [-0.25, -0.2) is 0 Å². The molecule has 1 fully saturated rings. The zero-order valence-corrected chi connectivity index (χ0v) is 10.8. The molecule has 0 saturated carbocycles. The summed E-state index contributed by atoms with van der Waals surface area (Å²) in [4.78, 5) is 4.44. The predicted octanol–water partition coefficient (Wildman–Crippen LogP) is 2.64. The van der Waals surface area contributed by atoms with E-state index in [0.717, 1.165) is 30.2 Å². The van der Waals surface area contributed by atoms with Crippen molar-refractivity contribution in [1.82, 2.24) is 10.1 Å². The number of hydrogen-bond acceptors (Lipinski definition) is 5. The average molecular weight is 260 g/mol. The van der Waals surface area contributed by atoms with E-state index in [1.807, 2.05) is 31.2 Å². The van der Waals surface area contributed by atoms with Gasteiger partial charge in [-0.15, -0.1) is 0 Å². The molecule has 1 aliphatic rings. The number of aromatic nitrogens is 2. The number of rotatable bonds is 4. The molecular formula is C14H16N2O3. The van der Waals surface area contributed by atoms with Gasteiger partial charge >= 0.3 is 0 Å². The van der Waals surface area contributed by atoms with Crippen molar-refractivity contribution < 1.29 is 14.0 Å². The van der Waals surface area contributed by atoms with Gasteiger partial charge in [0.25, 0.3) is 5.89 Å². The number of nitrogens with zero attached hydrogens (tertiary/aromatic N) is 2. The first kappa shape index (κ1) is 12.2. The van der Waals surface area contributed by atoms with Crippen LogP contribution in [0.2, 0.25) is 0 Å². The Labute approximate surface area is 111 Å². The summed E-state index contributed by atoms with van der Waals surface area (Å²) in [6.45, 7) is 4.08. The smallest absolute Gasteiger partial charge is 0.257 e. The van der Waals surface area contributed by atoms with Crippen LogP contribution in [0.25, 0.3) is 11.5 Å². The van der Waals surface area contributed by atoms with Gasteiger partial charge in [0, 0.05) is 18.1 Å². The highest BCUT2D eigenvalue weighted by Gasteiger charge is 2.23. The topological polar surface area (TPSA) is 57.4 Å². The summed E-state index contributed by atoms with van der Waals surface area (Å²) in [5.74, 6) is 2.39. The maximum Gasteiger partial charge on any atom is 0.257 e. The van der Waals surface area contributed by atoms with Crippen LogP contribution in [0.3, 0.4) is 0 Å². The van der Waals surface area contributed by atoms with E-state index in [0.29, 0.717) is 19.1 Å². The molecule has 1 saturated heterocycles. The lowest BCUT2D eigenvalue weighted by Gasteiger charge is -2.02. The highest BCUT2D eigenvalue weighted by molar-refractivity contribution is 5.54. The molecule has 0 bridgehead atoms. The first-order valence-electron chi connectivity index (χ1n) is 6.51. The van der Waals surface area contributed by atoms with E-state index >= 15 is 0 Å². The highest BCUT2D eigenvalue weighted by atomic mass is 16.5. The Kier molecular flexibility index (Phi) is 3.46. The van der Waals surface area contributed by atoms with Crippen LogP contribution in [0.5, 0.6) is 5.75 Å². The summed E-state index contributed by atoms with van der Waals surface area (Å²) < 4.78 is 16.0. The lowest BCUT2D eigenvalue weighted by molar-refractivity contribution is 0.192. The Morgan fingerprint density at radius 2 is 2.16 bits per heavy atom. The molecule has 5 heteroatoms. The minimum absolute atomic E-state index is 0.264. The molecule has 1 aliphatic heterocycles. The Morgan fingerprint density at radius 1 is 1.32 bits per heavy atom. The van der Waals surface area contributed by atoms with Crippen molar-refractivity contribution in [2.75, 3.05) is 19.8 Å². The van der Waals surface area contributed by atoms with Gasteiger partial charge < -0.3 is 14.0 Å². The van der Waals surface area contributed by atoms with Crippen LogP contribution in [0.4, 0.5) is 0 Å². The van der Waals surface area contributed by atoms with Gasteiger partial charge in [-0.05, 0) is 37.6 Å². The largest absolute Gasteiger partial charge is 0.494 e. The molecule has 0 aliphatic carbocycles. The Morgan fingerprint density at radius 3 is 2.84 bits per heavy atom. The summed E-state index contributed by atoms with van der Waals surface area (Å²) in [5.41, 5.74) is 0.904. The van der Waals surface area contributed by atoms with Crippen LogP contribution < -0.4 is 4.74 Å². The molecule has 0 amide bonds. The van der Waals surface area contributed by atoms with Crippen LogP contribution in [0.1, 0.15) is 25.1 Å². The summed E-state index contributed by atoms with van der Waals surface area (Å²) >= 11 is 0. The van der Waals surface area contributed by atoms with E-state index in [1.54, 1.807) is 0 Å². The minimum Gasteiger partial charge on any atom is -0.494 e. The molecule has 2 heterocycles. The van der Waals surface area contributed by atoms with Gasteiger partial charge in [0.05, 0.1) is 13.2 Å². The number of hydrogen-bond donors (Lipinski definition) is 0. The Bertz CT molecular complexity index is 530. The van der Waals surface area contributed by atoms with E-state index in [-0.39, 0.29) is 5.92 Å². The number of ether oxygens (including phenoxy) is 2. The van der Waals surface area contributed by atoms with Crippen molar-refractivity contribution in [3.05, 3.63) is 30.1 Å². The van der Waals surface area contributed by atoms with Crippen LogP contribution in [-0.2, 0) is 4.74 Å². The first-order chi connectivity index (χ1) is 9.36. The first-order valence-corrected chi connectivity index (χ1v) is 6.51. The van der Waals surface area contributed by atoms with Gasteiger partial charge in [-0.3, -0.25) is 0 Å². The standard InChI is InChI=1S/C14H16N2O3/c1-2-18-12-5-3-10(4-6-12)14-15-13(16-19-14)11-7-8-17-9-11/h3-6,11H,2,7-9H2,1H3/t11-/m1/s1. The zero-order valence-electron chi connectivity index (χ0n) is 10.8. The van der Waals surface area contributed by atoms with Crippen LogP contribution in [-0.4, -0.2) is 30.0 Å². The molecular weight excluding hydrogens is 244 g/mol. The van der Waals surface area contributed by atoms with Crippen molar-refractivity contribution in [1.29, 1.82) is 0 Å². The monoisotopic (exact) mass is 260 g/mol. The van der Waals surface area contributed by atoms with Crippen molar-refractivity contribution >= 4 is 0 Å². The molecule has 19 heavy (non-hydrogen) atoms. The fourth-order valence-corrected chi connectivity index (χ4v) is 2.12. The van der Waals surface area contributed by atoms with E-state index < -0.39 is 0 Å². The van der Waals surface area contributed by atoms with Crippen molar-refractivity contribution in [3.63, 3.8) is 0 Å². The average Bonchev–Trinajstić information content (AvgIpc) is 3.11. The maximum atomic E-state index is 5.40. The SMILES string of the molecule is CCOc1ccc(-c2nc([C@@H]3CCOC3)no2)cc1. The molecule has 5 nitrogen and oxygen atoms in total. The van der Waals surface area contributed by atoms with E-state index in [9.17, 15) is 0 Å². The van der Waals surface area contributed by atoms with Gasteiger partial charge in [-0.2, -0.15) is 4.98 Å². The van der Waals surface area contributed by atoms with Gasteiger partial charge in [0.2, 0.25) is 0 Å². The molecule has 1 aromatic heterocycles. The lowest BCUT2D eigenvalue weighted by atomic mass is 10.1. The fourth-order valence-electron chi connectivity index (χ4n) is 2.12. The second-order valence-electron chi connectivity index (χ2n) is 4.48. The third-order valence-electron chi connectivity index (χ3n) is 3.15. The highest BCUT2D eigenvalue weighted by Crippen LogP contribution is 2.26.